The number of hydrazone groups is 1. The van der Waals surface area contributed by atoms with Crippen LogP contribution in [0.15, 0.2) is 100 Å². The molecule has 0 bridgehead atoms. The first-order chi connectivity index (χ1) is 53.7. The van der Waals surface area contributed by atoms with Crippen LogP contribution >= 0.6 is 0 Å². The lowest BCUT2D eigenvalue weighted by Gasteiger charge is -2.34. The minimum Gasteiger partial charge on any atom is -0.494 e. The normalized spacial score (nSPS) is 14.8. The standard InChI is InChI=1S/C75H102FN19O18/c1-7-48-36-51(113-31-11-10-27-83-94-80)23-24-52(48)49-21-19-46(20-22-49)35-55(69(107)85-54(67(77)105)17-12-14-47-33-42(2)32-43(3)34-47)86-70(108)57(38-64(103)104)87-71(109)58(41-96)88-72(110)65(44(4)97)90-74(112)75(6,39-50-15-8-9-16-53(50)76)91-73(111)66(45(5)98)89-62(101)40-82-68(106)56(37-59(92-78)93-79)84-61(100)25-28-81-60(99)26-30-95-29-13-18-63(95)102/h8-9,15-16,19-24,32-34,36,44-45,54-58,65-66,78,96-98H,7,10-14,17-18,25-31,35,37-41,79H2,1-6H3,(H2,77,105)(H,81,99)(H,82,106)(H,84,100)(H,85,107)(H,86,108)(H,87,109)(H,88,110)(H,89,101)(H,90,112)(H,91,111)(H,103,104)/b92-78?,93-59-/t44?,45-,54+,55+,56+,57+,58+,65+,66+,75+/m1/s1. The lowest BCUT2D eigenvalue weighted by Crippen LogP contribution is -2.67. The molecule has 4 aromatic carbocycles. The Hall–Kier alpha value is -12.0. The molecule has 0 aliphatic carbocycles. The number of likely N-dealkylation sites (tertiary alicyclic amines) is 1. The maximum Gasteiger partial charge on any atom is 0.305 e. The molecule has 612 valence electrons. The van der Waals surface area contributed by atoms with Crippen molar-refractivity contribution in [1.29, 1.82) is 5.53 Å². The summed E-state index contributed by atoms with van der Waals surface area (Å²) in [6.45, 7) is 7.93. The first-order valence-corrected chi connectivity index (χ1v) is 36.8. The minimum atomic E-state index is -2.42. The maximum absolute atomic E-state index is 15.5. The molecule has 38 heteroatoms. The van der Waals surface area contributed by atoms with Gasteiger partial charge in [-0.2, -0.15) is 5.10 Å². The Labute approximate surface area is 651 Å². The van der Waals surface area contributed by atoms with Crippen LogP contribution in [0, 0.1) is 25.2 Å². The van der Waals surface area contributed by atoms with Gasteiger partial charge in [0.1, 0.15) is 59.4 Å². The van der Waals surface area contributed by atoms with Gasteiger partial charge in [-0.1, -0.05) is 89.9 Å². The van der Waals surface area contributed by atoms with E-state index in [9.17, 15) is 82.8 Å². The number of nitrogens with two attached hydrogens (primary N) is 2. The van der Waals surface area contributed by atoms with Gasteiger partial charge in [0, 0.05) is 69.6 Å². The van der Waals surface area contributed by atoms with Crippen molar-refractivity contribution in [2.75, 3.05) is 45.9 Å². The maximum atomic E-state index is 15.5. The molecule has 0 aromatic heterocycles. The number of aliphatic hydroxyl groups is 3. The van der Waals surface area contributed by atoms with Crippen molar-refractivity contribution in [3.8, 4) is 16.9 Å². The van der Waals surface area contributed by atoms with E-state index in [1.807, 2.05) is 57.2 Å². The third kappa shape index (κ3) is 30.3. The number of azide groups is 1. The minimum absolute atomic E-state index is 0.0288. The molecule has 5 rings (SSSR count). The smallest absolute Gasteiger partial charge is 0.305 e. The Bertz CT molecular complexity index is 4100. The second-order valence-corrected chi connectivity index (χ2v) is 27.5. The van der Waals surface area contributed by atoms with Crippen molar-refractivity contribution >= 4 is 82.7 Å². The summed E-state index contributed by atoms with van der Waals surface area (Å²) < 4.78 is 21.4. The summed E-state index contributed by atoms with van der Waals surface area (Å²) in [4.78, 5) is 180. The number of aliphatic hydroxyl groups excluding tert-OH is 3. The van der Waals surface area contributed by atoms with Crippen LogP contribution in [-0.2, 0) is 88.0 Å². The Morgan fingerprint density at radius 2 is 1.35 bits per heavy atom. The van der Waals surface area contributed by atoms with E-state index in [0.29, 0.717) is 76.0 Å². The highest BCUT2D eigenvalue weighted by Crippen LogP contribution is 2.29. The lowest BCUT2D eigenvalue weighted by molar-refractivity contribution is -0.142. The first-order valence-electron chi connectivity index (χ1n) is 36.8. The number of primary amides is 1. The molecule has 0 spiro atoms. The van der Waals surface area contributed by atoms with Gasteiger partial charge in [0.2, 0.25) is 70.9 Å². The van der Waals surface area contributed by atoms with E-state index < -0.39 is 175 Å². The summed E-state index contributed by atoms with van der Waals surface area (Å²) in [5.74, 6) is -9.23. The number of nitrogens with zero attached hydrogens (tertiary/aromatic N) is 6. The highest BCUT2D eigenvalue weighted by Gasteiger charge is 2.43. The van der Waals surface area contributed by atoms with E-state index in [-0.39, 0.29) is 50.2 Å². The first kappa shape index (κ1) is 91.6. The summed E-state index contributed by atoms with van der Waals surface area (Å²) in [5.41, 5.74) is 25.1. The van der Waals surface area contributed by atoms with Crippen molar-refractivity contribution in [3.05, 3.63) is 135 Å². The Balaban J connectivity index is 1.32. The zero-order valence-electron chi connectivity index (χ0n) is 63.8. The summed E-state index contributed by atoms with van der Waals surface area (Å²) in [6, 6.07) is 10.6. The molecule has 12 amide bonds. The van der Waals surface area contributed by atoms with Crippen molar-refractivity contribution < 1.29 is 91.9 Å². The predicted molar refractivity (Wildman–Crippen MR) is 407 cm³/mol. The molecule has 1 aliphatic rings. The van der Waals surface area contributed by atoms with Gasteiger partial charge < -0.3 is 94.8 Å². The van der Waals surface area contributed by atoms with Crippen molar-refractivity contribution in [2.45, 2.75) is 191 Å². The highest BCUT2D eigenvalue weighted by molar-refractivity contribution is 6.01. The number of carbonyl (C=O) groups excluding carboxylic acids is 12. The van der Waals surface area contributed by atoms with Crippen molar-refractivity contribution in [2.24, 2.45) is 26.9 Å². The van der Waals surface area contributed by atoms with Gasteiger partial charge in [0.05, 0.1) is 38.4 Å². The highest BCUT2D eigenvalue weighted by atomic mass is 19.1. The molecule has 1 saturated heterocycles. The molecule has 0 saturated carbocycles. The molecule has 37 nitrogen and oxygen atoms in total. The lowest BCUT2D eigenvalue weighted by atomic mass is 9.90. The molecule has 10 atom stereocenters. The number of unbranched alkanes of at least 4 members (excludes halogenated alkanes) is 1. The average molecular weight is 1580 g/mol. The van der Waals surface area contributed by atoms with Gasteiger partial charge in [0.15, 0.2) is 5.84 Å². The van der Waals surface area contributed by atoms with E-state index in [2.05, 4.69) is 73.4 Å². The van der Waals surface area contributed by atoms with E-state index >= 15 is 4.39 Å². The number of carboxylic acid groups (broad SMARTS) is 1. The van der Waals surface area contributed by atoms with Crippen molar-refractivity contribution in [3.63, 3.8) is 0 Å². The van der Waals surface area contributed by atoms with Gasteiger partial charge in [-0.3, -0.25) is 62.3 Å². The molecule has 113 heavy (non-hydrogen) atoms. The van der Waals surface area contributed by atoms with Crippen LogP contribution in [0.25, 0.3) is 21.6 Å². The number of halogens is 1. The number of amides is 12. The molecular weight excluding hydrogens is 1470 g/mol. The number of carboxylic acids is 1. The monoisotopic (exact) mass is 1580 g/mol. The summed E-state index contributed by atoms with van der Waals surface area (Å²) in [7, 11) is 0. The summed E-state index contributed by atoms with van der Waals surface area (Å²) in [5, 5.41) is 76.0. The average Bonchev–Trinajstić information content (AvgIpc) is 1.28. The molecule has 0 radical (unpaired) electrons. The Morgan fingerprint density at radius 3 is 1.96 bits per heavy atom. The molecule has 1 unspecified atom stereocenters. The number of ether oxygens (including phenoxy) is 1. The van der Waals surface area contributed by atoms with Crippen LogP contribution in [0.5, 0.6) is 5.75 Å². The third-order valence-corrected chi connectivity index (χ3v) is 18.2. The molecule has 1 heterocycles. The number of nitrogens with one attached hydrogen (secondary N) is 11. The number of amidine groups is 1. The summed E-state index contributed by atoms with van der Waals surface area (Å²) >= 11 is 0. The topological polar surface area (TPSA) is 585 Å². The van der Waals surface area contributed by atoms with Gasteiger partial charge in [-0.25, -0.2) is 9.92 Å². The largest absolute Gasteiger partial charge is 0.494 e. The number of hydrogen-bond donors (Lipinski definition) is 17. The fraction of sp³-hybridized carbons (Fsp3) is 0.493. The molecule has 4 aromatic rings. The van der Waals surface area contributed by atoms with E-state index in [1.165, 1.54) is 18.2 Å². The molecule has 1 aliphatic heterocycles. The number of carbonyl (C=O) groups is 13. The van der Waals surface area contributed by atoms with Crippen LogP contribution in [0.1, 0.15) is 125 Å². The zero-order valence-corrected chi connectivity index (χ0v) is 63.8. The molecule has 1 fully saturated rings. The zero-order chi connectivity index (χ0) is 83.5. The number of hydrogen-bond acceptors (Lipinski definition) is 21. The number of aryl methyl sites for hydroxylation is 4. The van der Waals surface area contributed by atoms with Crippen LogP contribution in [0.4, 0.5) is 4.39 Å². The quantitative estimate of drug-likeness (QED) is 0.00412. The fourth-order valence-corrected chi connectivity index (χ4v) is 12.2. The van der Waals surface area contributed by atoms with Crippen LogP contribution in [-0.4, -0.2) is 214 Å². The predicted octanol–water partition coefficient (Wildman–Crippen LogP) is 0.260. The van der Waals surface area contributed by atoms with Crippen LogP contribution in [0.3, 0.4) is 0 Å². The molecular formula is C75H102FN19O18. The number of benzene rings is 4. The van der Waals surface area contributed by atoms with Crippen molar-refractivity contribution in [1.82, 2.24) is 58.1 Å². The fourth-order valence-electron chi connectivity index (χ4n) is 12.2. The van der Waals surface area contributed by atoms with Gasteiger partial charge >= 0.3 is 5.97 Å². The van der Waals surface area contributed by atoms with Crippen LogP contribution < -0.4 is 69.5 Å². The Morgan fingerprint density at radius 1 is 0.708 bits per heavy atom. The third-order valence-electron chi connectivity index (χ3n) is 18.2. The second kappa shape index (κ2) is 46.0. The summed E-state index contributed by atoms with van der Waals surface area (Å²) in [6.07, 6.45) is -2.97. The number of rotatable bonds is 47. The van der Waals surface area contributed by atoms with E-state index in [0.717, 1.165) is 60.2 Å². The SMILES string of the molecule is CCc1cc(OCCCCN=[N+]=[N-])ccc1-c1ccc(C[C@H](NC(=O)[C@H](CC(=O)O)NC(=O)[C@H](CO)NC(=O)[C@@H](NC(=O)[C@](C)(Cc2ccccc2F)NC(=O)[C@@H](NC(=O)CNC(=O)[C@H](C/C(N=N)=N/N)NC(=O)CCNC(=O)CCN2CCCC2=O)[C@@H](C)O)C(C)O)C(=O)N[C@@H](CCCc2cc(C)cc(C)c2)C(N)=O)cc1. The van der Waals surface area contributed by atoms with Gasteiger partial charge in [-0.05, 0) is 137 Å². The van der Waals surface area contributed by atoms with E-state index in [1.54, 1.807) is 29.2 Å². The Kier molecular flexibility index (Phi) is 37.3. The van der Waals surface area contributed by atoms with Gasteiger partial charge in [0.25, 0.3) is 0 Å². The van der Waals surface area contributed by atoms with E-state index in [4.69, 9.17) is 27.4 Å². The van der Waals surface area contributed by atoms with Crippen LogP contribution in [0.2, 0.25) is 0 Å². The van der Waals surface area contributed by atoms with Gasteiger partial charge in [-0.15, -0.1) is 5.11 Å². The second-order valence-electron chi connectivity index (χ2n) is 27.5. The molecule has 19 N–H and O–H groups in total. The number of aliphatic carboxylic acids is 1.